The molecule has 0 aliphatic carbocycles. The minimum atomic E-state index is -1.15. The summed E-state index contributed by atoms with van der Waals surface area (Å²) in [5, 5.41) is 21.3. The van der Waals surface area contributed by atoms with Crippen molar-refractivity contribution in [2.24, 2.45) is 5.92 Å². The maximum atomic E-state index is 13.6. The molecule has 1 heterocycles. The molecule has 1 aliphatic heterocycles. The van der Waals surface area contributed by atoms with E-state index >= 15 is 0 Å². The number of aliphatic hydroxyl groups is 1. The zero-order valence-corrected chi connectivity index (χ0v) is 14.4. The van der Waals surface area contributed by atoms with Gasteiger partial charge in [-0.15, -0.1) is 0 Å². The monoisotopic (exact) mass is 337 g/mol. The molecule has 0 aromatic heterocycles. The number of amides is 1. The van der Waals surface area contributed by atoms with Crippen molar-refractivity contribution in [3.8, 4) is 0 Å². The molecule has 2 aromatic carbocycles. The third-order valence-corrected chi connectivity index (χ3v) is 4.79. The van der Waals surface area contributed by atoms with Crippen LogP contribution in [0.2, 0.25) is 0 Å². The van der Waals surface area contributed by atoms with Crippen molar-refractivity contribution in [1.82, 2.24) is 10.2 Å². The van der Waals surface area contributed by atoms with E-state index in [-0.39, 0.29) is 24.4 Å². The van der Waals surface area contributed by atoms with E-state index < -0.39 is 11.6 Å². The number of nitrogens with zero attached hydrogens (tertiary/aromatic N) is 1. The van der Waals surface area contributed by atoms with Crippen molar-refractivity contribution in [1.29, 1.82) is 5.41 Å². The minimum Gasteiger partial charge on any atom is -0.394 e. The molecule has 5 heteroatoms. The lowest BCUT2D eigenvalue weighted by molar-refractivity contribution is -0.132. The highest BCUT2D eigenvalue weighted by Gasteiger charge is 2.54. The predicted molar refractivity (Wildman–Crippen MR) is 97.1 cm³/mol. The lowest BCUT2D eigenvalue weighted by Gasteiger charge is -2.31. The number of carbonyl (C=O) groups is 1. The Labute approximate surface area is 147 Å². The molecule has 1 saturated heterocycles. The fraction of sp³-hybridized carbons (Fsp3) is 0.300. The van der Waals surface area contributed by atoms with Crippen LogP contribution in [-0.2, 0) is 10.3 Å². The fourth-order valence-corrected chi connectivity index (χ4v) is 3.41. The van der Waals surface area contributed by atoms with Crippen molar-refractivity contribution in [2.45, 2.75) is 25.4 Å². The normalized spacial score (nSPS) is 17.7. The Morgan fingerprint density at radius 1 is 1.04 bits per heavy atom. The van der Waals surface area contributed by atoms with Gasteiger partial charge in [0.2, 0.25) is 0 Å². The molecule has 0 bridgehead atoms. The van der Waals surface area contributed by atoms with Crippen LogP contribution in [-0.4, -0.2) is 34.5 Å². The van der Waals surface area contributed by atoms with Gasteiger partial charge in [0.25, 0.3) is 5.91 Å². The smallest absolute Gasteiger partial charge is 0.264 e. The van der Waals surface area contributed by atoms with Gasteiger partial charge in [-0.05, 0) is 17.0 Å². The molecule has 130 valence electrons. The number of benzene rings is 2. The van der Waals surface area contributed by atoms with Crippen molar-refractivity contribution < 1.29 is 9.90 Å². The van der Waals surface area contributed by atoms with E-state index in [0.717, 1.165) is 11.1 Å². The summed E-state index contributed by atoms with van der Waals surface area (Å²) in [5.41, 5.74) is 0.403. The van der Waals surface area contributed by atoms with Crippen molar-refractivity contribution in [2.75, 3.05) is 6.61 Å². The molecule has 1 aliphatic rings. The van der Waals surface area contributed by atoms with Crippen LogP contribution >= 0.6 is 0 Å². The van der Waals surface area contributed by atoms with Crippen LogP contribution in [0.25, 0.3) is 0 Å². The van der Waals surface area contributed by atoms with Gasteiger partial charge in [0.05, 0.1) is 12.6 Å². The van der Waals surface area contributed by atoms with Gasteiger partial charge in [0.15, 0.2) is 11.5 Å². The van der Waals surface area contributed by atoms with Crippen LogP contribution in [0, 0.1) is 11.3 Å². The Morgan fingerprint density at radius 3 is 1.92 bits per heavy atom. The maximum Gasteiger partial charge on any atom is 0.264 e. The van der Waals surface area contributed by atoms with E-state index in [2.05, 4.69) is 5.32 Å². The summed E-state index contributed by atoms with van der Waals surface area (Å²) in [6, 6.07) is 18.4. The highest BCUT2D eigenvalue weighted by molar-refractivity contribution is 6.10. The minimum absolute atomic E-state index is 0.0189. The molecule has 0 saturated carbocycles. The summed E-state index contributed by atoms with van der Waals surface area (Å²) in [5.74, 6) is -0.188. The predicted octanol–water partition coefficient (Wildman–Crippen LogP) is 2.31. The highest BCUT2D eigenvalue weighted by Crippen LogP contribution is 2.37. The van der Waals surface area contributed by atoms with Gasteiger partial charge >= 0.3 is 0 Å². The molecule has 3 N–H and O–H groups in total. The Hall–Kier alpha value is -2.66. The number of carbonyl (C=O) groups excluding carboxylic acids is 1. The average molecular weight is 337 g/mol. The Balaban J connectivity index is 2.18. The molecule has 1 fully saturated rings. The Bertz CT molecular complexity index is 720. The molecule has 0 radical (unpaired) electrons. The summed E-state index contributed by atoms with van der Waals surface area (Å²) in [6.07, 6.45) is 0. The van der Waals surface area contributed by atoms with Crippen LogP contribution in [0.1, 0.15) is 25.0 Å². The standard InChI is InChI=1S/C20H23N3O2/c1-14(2)17(13-24)23-18(25)20(22-19(23)21,15-9-5-3-6-10-15)16-11-7-4-8-12-16/h3-12,14,17,24H,13H2,1-2H3,(H2,21,22). The quantitative estimate of drug-likeness (QED) is 0.784. The van der Waals surface area contributed by atoms with Gasteiger partial charge in [-0.2, -0.15) is 0 Å². The third-order valence-electron chi connectivity index (χ3n) is 4.79. The van der Waals surface area contributed by atoms with E-state index in [9.17, 15) is 9.90 Å². The second-order valence-electron chi connectivity index (χ2n) is 6.62. The zero-order chi connectivity index (χ0) is 18.0. The van der Waals surface area contributed by atoms with Gasteiger partial charge < -0.3 is 10.4 Å². The van der Waals surface area contributed by atoms with Gasteiger partial charge in [-0.3, -0.25) is 15.1 Å². The first-order chi connectivity index (χ1) is 12.0. The molecule has 25 heavy (non-hydrogen) atoms. The number of hydrogen-bond donors (Lipinski definition) is 3. The van der Waals surface area contributed by atoms with Crippen molar-refractivity contribution in [3.05, 3.63) is 71.8 Å². The van der Waals surface area contributed by atoms with E-state index in [4.69, 9.17) is 5.41 Å². The third kappa shape index (κ3) is 2.70. The second-order valence-corrected chi connectivity index (χ2v) is 6.62. The van der Waals surface area contributed by atoms with Gasteiger partial charge in [-0.1, -0.05) is 74.5 Å². The number of hydrogen-bond acceptors (Lipinski definition) is 3. The number of rotatable bonds is 5. The van der Waals surface area contributed by atoms with Crippen LogP contribution in [0.3, 0.4) is 0 Å². The van der Waals surface area contributed by atoms with Crippen LogP contribution < -0.4 is 5.32 Å². The van der Waals surface area contributed by atoms with Crippen LogP contribution in [0.4, 0.5) is 0 Å². The lowest BCUT2D eigenvalue weighted by atomic mass is 9.82. The molecule has 3 rings (SSSR count). The summed E-state index contributed by atoms with van der Waals surface area (Å²) < 4.78 is 0. The SMILES string of the molecule is CC(C)C(CO)N1C(=N)NC(c2ccccc2)(c2ccccc2)C1=O. The number of nitrogens with one attached hydrogen (secondary N) is 2. The Morgan fingerprint density at radius 2 is 1.52 bits per heavy atom. The van der Waals surface area contributed by atoms with E-state index in [1.807, 2.05) is 74.5 Å². The molecular formula is C20H23N3O2. The summed E-state index contributed by atoms with van der Waals surface area (Å²) in [7, 11) is 0. The molecular weight excluding hydrogens is 314 g/mol. The van der Waals surface area contributed by atoms with E-state index in [1.165, 1.54) is 4.90 Å². The van der Waals surface area contributed by atoms with Crippen molar-refractivity contribution in [3.63, 3.8) is 0 Å². The first-order valence-electron chi connectivity index (χ1n) is 8.44. The lowest BCUT2D eigenvalue weighted by Crippen LogP contribution is -2.48. The first-order valence-corrected chi connectivity index (χ1v) is 8.44. The summed E-state index contributed by atoms with van der Waals surface area (Å²) >= 11 is 0. The molecule has 1 amide bonds. The molecule has 2 aromatic rings. The first kappa shape index (κ1) is 17.2. The summed E-state index contributed by atoms with van der Waals surface area (Å²) in [4.78, 5) is 14.9. The average Bonchev–Trinajstić information content (AvgIpc) is 2.89. The molecule has 1 unspecified atom stereocenters. The second kappa shape index (κ2) is 6.69. The van der Waals surface area contributed by atoms with Crippen LogP contribution in [0.15, 0.2) is 60.7 Å². The number of guanidine groups is 1. The molecule has 0 spiro atoms. The van der Waals surface area contributed by atoms with Crippen molar-refractivity contribution >= 4 is 11.9 Å². The largest absolute Gasteiger partial charge is 0.394 e. The van der Waals surface area contributed by atoms with E-state index in [1.54, 1.807) is 0 Å². The van der Waals surface area contributed by atoms with Gasteiger partial charge in [0.1, 0.15) is 0 Å². The maximum absolute atomic E-state index is 13.6. The highest BCUT2D eigenvalue weighted by atomic mass is 16.3. The van der Waals surface area contributed by atoms with Crippen LogP contribution in [0.5, 0.6) is 0 Å². The van der Waals surface area contributed by atoms with Gasteiger partial charge in [0, 0.05) is 0 Å². The van der Waals surface area contributed by atoms with Gasteiger partial charge in [-0.25, -0.2) is 0 Å². The summed E-state index contributed by atoms with van der Waals surface area (Å²) in [6.45, 7) is 3.69. The topological polar surface area (TPSA) is 76.4 Å². The number of aliphatic hydroxyl groups excluding tert-OH is 1. The zero-order valence-electron chi connectivity index (χ0n) is 14.4. The Kier molecular flexibility index (Phi) is 4.59. The van der Waals surface area contributed by atoms with E-state index in [0.29, 0.717) is 0 Å². The fourth-order valence-electron chi connectivity index (χ4n) is 3.41. The molecule has 1 atom stereocenters. The molecule has 5 nitrogen and oxygen atoms in total.